The highest BCUT2D eigenvalue weighted by Crippen LogP contribution is 2.26. The molecular weight excluding hydrogens is 416 g/mol. The maximum Gasteiger partial charge on any atom is 0.251 e. The Kier molecular flexibility index (Phi) is 8.31. The largest absolute Gasteiger partial charge is 0.493 e. The second kappa shape index (κ2) is 10.5. The molecule has 0 saturated carbocycles. The molecule has 0 aliphatic carbocycles. The van der Waals surface area contributed by atoms with Crippen molar-refractivity contribution in [3.05, 3.63) is 53.1 Å². The third-order valence-electron chi connectivity index (χ3n) is 4.23. The number of carbonyl (C=O) groups excluding carboxylic acids is 1. The fourth-order valence-corrected chi connectivity index (χ4v) is 4.67. The monoisotopic (exact) mass is 440 g/mol. The van der Waals surface area contributed by atoms with Crippen molar-refractivity contribution in [1.29, 1.82) is 0 Å². The SMILES string of the molecule is CCN(CC)S(=O)(=O)c1cc(C(=O)NCCOc2ccccc2OC)ccc1Cl. The highest BCUT2D eigenvalue weighted by molar-refractivity contribution is 7.89. The van der Waals surface area contributed by atoms with Crippen molar-refractivity contribution >= 4 is 27.5 Å². The molecule has 0 unspecified atom stereocenters. The van der Waals surface area contributed by atoms with Crippen molar-refractivity contribution in [3.8, 4) is 11.5 Å². The van der Waals surface area contributed by atoms with Crippen LogP contribution in [0, 0.1) is 0 Å². The van der Waals surface area contributed by atoms with Crippen molar-refractivity contribution in [2.75, 3.05) is 33.4 Å². The predicted molar refractivity (Wildman–Crippen MR) is 112 cm³/mol. The number of rotatable bonds is 10. The zero-order chi connectivity index (χ0) is 21.4. The summed E-state index contributed by atoms with van der Waals surface area (Å²) in [7, 11) is -2.22. The molecule has 0 fully saturated rings. The predicted octanol–water partition coefficient (Wildman–Crippen LogP) is 3.19. The number of ether oxygens (including phenoxy) is 2. The van der Waals surface area contributed by atoms with Crippen LogP contribution in [-0.2, 0) is 10.0 Å². The molecular formula is C20H25ClN2O5S. The minimum absolute atomic E-state index is 0.0768. The average molecular weight is 441 g/mol. The van der Waals surface area contributed by atoms with Crippen LogP contribution < -0.4 is 14.8 Å². The Morgan fingerprint density at radius 2 is 1.76 bits per heavy atom. The third-order valence-corrected chi connectivity index (χ3v) is 6.76. The molecule has 0 spiro atoms. The highest BCUT2D eigenvalue weighted by atomic mass is 35.5. The Morgan fingerprint density at radius 1 is 1.10 bits per heavy atom. The number of halogens is 1. The van der Waals surface area contributed by atoms with Crippen LogP contribution >= 0.6 is 11.6 Å². The number of nitrogens with zero attached hydrogens (tertiary/aromatic N) is 1. The molecule has 7 nitrogen and oxygen atoms in total. The zero-order valence-electron chi connectivity index (χ0n) is 16.6. The van der Waals surface area contributed by atoms with Gasteiger partial charge >= 0.3 is 0 Å². The fraction of sp³-hybridized carbons (Fsp3) is 0.350. The second-order valence-electron chi connectivity index (χ2n) is 5.99. The molecule has 0 heterocycles. The smallest absolute Gasteiger partial charge is 0.251 e. The molecule has 29 heavy (non-hydrogen) atoms. The minimum Gasteiger partial charge on any atom is -0.493 e. The summed E-state index contributed by atoms with van der Waals surface area (Å²) >= 11 is 6.10. The first-order chi connectivity index (χ1) is 13.8. The summed E-state index contributed by atoms with van der Waals surface area (Å²) in [6.45, 7) is 4.57. The number of carbonyl (C=O) groups is 1. The molecule has 1 N–H and O–H groups in total. The number of nitrogens with one attached hydrogen (secondary N) is 1. The van der Waals surface area contributed by atoms with Gasteiger partial charge in [-0.05, 0) is 30.3 Å². The van der Waals surface area contributed by atoms with Crippen LogP contribution in [0.3, 0.4) is 0 Å². The van der Waals surface area contributed by atoms with Crippen LogP contribution in [-0.4, -0.2) is 52.0 Å². The van der Waals surface area contributed by atoms with Crippen LogP contribution in [0.15, 0.2) is 47.4 Å². The topological polar surface area (TPSA) is 84.9 Å². The van der Waals surface area contributed by atoms with Gasteiger partial charge in [-0.2, -0.15) is 4.31 Å². The molecule has 0 saturated heterocycles. The lowest BCUT2D eigenvalue weighted by Crippen LogP contribution is -2.31. The van der Waals surface area contributed by atoms with E-state index in [2.05, 4.69) is 5.32 Å². The van der Waals surface area contributed by atoms with Crippen molar-refractivity contribution in [2.24, 2.45) is 0 Å². The van der Waals surface area contributed by atoms with Crippen LogP contribution in [0.1, 0.15) is 24.2 Å². The first kappa shape index (κ1) is 23.0. The molecule has 0 aliphatic heterocycles. The molecule has 0 aromatic heterocycles. The molecule has 0 radical (unpaired) electrons. The van der Waals surface area contributed by atoms with E-state index in [0.29, 0.717) is 24.6 Å². The van der Waals surface area contributed by atoms with Crippen molar-refractivity contribution in [2.45, 2.75) is 18.7 Å². The summed E-state index contributed by atoms with van der Waals surface area (Å²) in [4.78, 5) is 12.4. The van der Waals surface area contributed by atoms with E-state index in [-0.39, 0.29) is 28.6 Å². The van der Waals surface area contributed by atoms with E-state index in [0.717, 1.165) is 0 Å². The van der Waals surface area contributed by atoms with Gasteiger partial charge in [0.1, 0.15) is 11.5 Å². The lowest BCUT2D eigenvalue weighted by atomic mass is 10.2. The summed E-state index contributed by atoms with van der Waals surface area (Å²) < 4.78 is 37.6. The zero-order valence-corrected chi connectivity index (χ0v) is 18.2. The number of hydrogen-bond acceptors (Lipinski definition) is 5. The van der Waals surface area contributed by atoms with E-state index in [9.17, 15) is 13.2 Å². The molecule has 1 amide bonds. The van der Waals surface area contributed by atoms with Crippen molar-refractivity contribution < 1.29 is 22.7 Å². The fourth-order valence-electron chi connectivity index (χ4n) is 2.71. The summed E-state index contributed by atoms with van der Waals surface area (Å²) in [6, 6.07) is 11.4. The molecule has 9 heteroatoms. The van der Waals surface area contributed by atoms with E-state index < -0.39 is 15.9 Å². The van der Waals surface area contributed by atoms with E-state index in [1.807, 2.05) is 12.1 Å². The van der Waals surface area contributed by atoms with E-state index in [1.165, 1.54) is 22.5 Å². The average Bonchev–Trinajstić information content (AvgIpc) is 2.72. The van der Waals surface area contributed by atoms with Crippen LogP contribution in [0.5, 0.6) is 11.5 Å². The Bertz CT molecular complexity index is 946. The first-order valence-corrected chi connectivity index (χ1v) is 11.0. The van der Waals surface area contributed by atoms with Crippen molar-refractivity contribution in [1.82, 2.24) is 9.62 Å². The number of benzene rings is 2. The number of methoxy groups -OCH3 is 1. The van der Waals surface area contributed by atoms with Gasteiger partial charge in [0.15, 0.2) is 11.5 Å². The molecule has 0 bridgehead atoms. The van der Waals surface area contributed by atoms with Gasteiger partial charge in [0.05, 0.1) is 18.7 Å². The molecule has 2 rings (SSSR count). The van der Waals surface area contributed by atoms with Crippen LogP contribution in [0.25, 0.3) is 0 Å². The Labute approximate surface area is 176 Å². The lowest BCUT2D eigenvalue weighted by molar-refractivity contribution is 0.0946. The molecule has 2 aromatic carbocycles. The second-order valence-corrected chi connectivity index (χ2v) is 8.30. The van der Waals surface area contributed by atoms with E-state index in [4.69, 9.17) is 21.1 Å². The number of hydrogen-bond donors (Lipinski definition) is 1. The number of para-hydroxylation sites is 2. The van der Waals surface area contributed by atoms with E-state index in [1.54, 1.807) is 33.1 Å². The van der Waals surface area contributed by atoms with Gasteiger partial charge in [-0.25, -0.2) is 8.42 Å². The Morgan fingerprint density at radius 3 is 2.38 bits per heavy atom. The summed E-state index contributed by atoms with van der Waals surface area (Å²) in [5, 5.41) is 2.78. The van der Waals surface area contributed by atoms with Gasteiger partial charge in [-0.3, -0.25) is 4.79 Å². The Hall–Kier alpha value is -2.29. The quantitative estimate of drug-likeness (QED) is 0.573. The third kappa shape index (κ3) is 5.62. The van der Waals surface area contributed by atoms with Gasteiger partial charge in [-0.15, -0.1) is 0 Å². The van der Waals surface area contributed by atoms with Gasteiger partial charge in [0.25, 0.3) is 5.91 Å². The van der Waals surface area contributed by atoms with Crippen LogP contribution in [0.4, 0.5) is 0 Å². The maximum absolute atomic E-state index is 12.7. The standard InChI is InChI=1S/C20H25ClN2O5S/c1-4-23(5-2)29(25,26)19-14-15(10-11-16(19)21)20(24)22-12-13-28-18-9-7-6-8-17(18)27-3/h6-11,14H,4-5,12-13H2,1-3H3,(H,22,24). The normalized spacial score (nSPS) is 11.3. The van der Waals surface area contributed by atoms with Crippen molar-refractivity contribution in [3.63, 3.8) is 0 Å². The van der Waals surface area contributed by atoms with Gasteiger partial charge in [-0.1, -0.05) is 37.6 Å². The van der Waals surface area contributed by atoms with E-state index >= 15 is 0 Å². The molecule has 2 aromatic rings. The summed E-state index contributed by atoms with van der Waals surface area (Å²) in [5.41, 5.74) is 0.206. The molecule has 0 aliphatic rings. The molecule has 158 valence electrons. The maximum atomic E-state index is 12.7. The number of sulfonamides is 1. The first-order valence-electron chi connectivity index (χ1n) is 9.18. The van der Waals surface area contributed by atoms with Crippen LogP contribution in [0.2, 0.25) is 5.02 Å². The molecule has 0 atom stereocenters. The summed E-state index contributed by atoms with van der Waals surface area (Å²) in [6.07, 6.45) is 0. The van der Waals surface area contributed by atoms with Gasteiger partial charge in [0.2, 0.25) is 10.0 Å². The van der Waals surface area contributed by atoms with Gasteiger partial charge < -0.3 is 14.8 Å². The number of amides is 1. The summed E-state index contributed by atoms with van der Waals surface area (Å²) in [5.74, 6) is 0.757. The lowest BCUT2D eigenvalue weighted by Gasteiger charge is -2.19. The highest BCUT2D eigenvalue weighted by Gasteiger charge is 2.25. The van der Waals surface area contributed by atoms with Gasteiger partial charge in [0, 0.05) is 18.7 Å². The minimum atomic E-state index is -3.77. The Balaban J connectivity index is 2.04.